The van der Waals surface area contributed by atoms with Crippen LogP contribution in [0.1, 0.15) is 30.5 Å². The quantitative estimate of drug-likeness (QED) is 0.886. The van der Waals surface area contributed by atoms with E-state index in [4.69, 9.17) is 5.11 Å². The Kier molecular flexibility index (Phi) is 4.74. The molecule has 2 aromatic rings. The van der Waals surface area contributed by atoms with E-state index in [1.807, 2.05) is 40.6 Å². The molecule has 1 N–H and O–H groups in total. The lowest BCUT2D eigenvalue weighted by Crippen LogP contribution is -2.29. The van der Waals surface area contributed by atoms with Gasteiger partial charge in [-0.3, -0.25) is 4.79 Å². The van der Waals surface area contributed by atoms with Crippen LogP contribution in [-0.2, 0) is 11.3 Å². The highest BCUT2D eigenvalue weighted by molar-refractivity contribution is 7.09. The van der Waals surface area contributed by atoms with Crippen molar-refractivity contribution in [1.82, 2.24) is 4.98 Å². The number of rotatable bonds is 6. The number of hydrogen-bond donors (Lipinski definition) is 1. The van der Waals surface area contributed by atoms with Gasteiger partial charge < -0.3 is 10.0 Å². The number of aliphatic carboxylic acids is 1. The molecule has 20 heavy (non-hydrogen) atoms. The topological polar surface area (TPSA) is 53.4 Å². The second-order valence-corrected chi connectivity index (χ2v) is 5.81. The van der Waals surface area contributed by atoms with Crippen LogP contribution in [0.2, 0.25) is 0 Å². The van der Waals surface area contributed by atoms with Gasteiger partial charge in [-0.15, -0.1) is 11.3 Å². The predicted molar refractivity (Wildman–Crippen MR) is 81.3 cm³/mol. The minimum absolute atomic E-state index is 0.0292. The molecule has 1 aromatic heterocycles. The van der Waals surface area contributed by atoms with Crippen molar-refractivity contribution in [3.63, 3.8) is 0 Å². The number of benzene rings is 1. The molecule has 4 nitrogen and oxygen atoms in total. The van der Waals surface area contributed by atoms with Crippen molar-refractivity contribution in [2.45, 2.75) is 26.3 Å². The fraction of sp³-hybridized carbons (Fsp3) is 0.333. The number of thiazole rings is 1. The Bertz CT molecular complexity index is 566. The third kappa shape index (κ3) is 3.81. The average Bonchev–Trinajstić information content (AvgIpc) is 2.87. The van der Waals surface area contributed by atoms with E-state index in [0.29, 0.717) is 12.5 Å². The third-order valence-electron chi connectivity index (χ3n) is 2.86. The van der Waals surface area contributed by atoms with Gasteiger partial charge in [-0.2, -0.15) is 0 Å². The third-order valence-corrected chi connectivity index (χ3v) is 4.06. The lowest BCUT2D eigenvalue weighted by Gasteiger charge is -2.21. The van der Waals surface area contributed by atoms with Crippen LogP contribution in [0.15, 0.2) is 35.7 Å². The maximum absolute atomic E-state index is 11.0. The first-order valence-corrected chi connectivity index (χ1v) is 7.40. The summed E-state index contributed by atoms with van der Waals surface area (Å²) in [5, 5.41) is 12.2. The van der Waals surface area contributed by atoms with Crippen LogP contribution in [0.5, 0.6) is 0 Å². The Hall–Kier alpha value is -1.88. The summed E-state index contributed by atoms with van der Waals surface area (Å²) >= 11 is 1.63. The van der Waals surface area contributed by atoms with Crippen molar-refractivity contribution < 1.29 is 9.90 Å². The molecule has 0 fully saturated rings. The minimum Gasteiger partial charge on any atom is -0.480 e. The molecule has 0 atom stereocenters. The Balaban J connectivity index is 2.17. The molecular formula is C15H18N2O2S. The zero-order chi connectivity index (χ0) is 14.5. The second kappa shape index (κ2) is 6.52. The van der Waals surface area contributed by atoms with Gasteiger partial charge in [-0.25, -0.2) is 4.98 Å². The molecule has 1 aromatic carbocycles. The first-order chi connectivity index (χ1) is 9.56. The summed E-state index contributed by atoms with van der Waals surface area (Å²) in [6.45, 7) is 4.70. The van der Waals surface area contributed by atoms with Gasteiger partial charge in [0.15, 0.2) is 0 Å². The van der Waals surface area contributed by atoms with E-state index in [2.05, 4.69) is 18.8 Å². The SMILES string of the molecule is CC(C)c1nc(CN(CC(=O)O)c2ccccc2)cs1. The zero-order valence-electron chi connectivity index (χ0n) is 11.6. The van der Waals surface area contributed by atoms with Crippen molar-refractivity contribution in [2.24, 2.45) is 0 Å². The summed E-state index contributed by atoms with van der Waals surface area (Å²) in [5.74, 6) is -0.438. The largest absolute Gasteiger partial charge is 0.480 e. The first-order valence-electron chi connectivity index (χ1n) is 6.52. The van der Waals surface area contributed by atoms with Gasteiger partial charge in [-0.05, 0) is 12.1 Å². The number of anilines is 1. The van der Waals surface area contributed by atoms with E-state index in [1.54, 1.807) is 11.3 Å². The Morgan fingerprint density at radius 3 is 2.60 bits per heavy atom. The van der Waals surface area contributed by atoms with Gasteiger partial charge in [0, 0.05) is 17.0 Å². The summed E-state index contributed by atoms with van der Waals surface area (Å²) in [7, 11) is 0. The molecule has 0 spiro atoms. The van der Waals surface area contributed by atoms with Crippen molar-refractivity contribution in [2.75, 3.05) is 11.4 Å². The highest BCUT2D eigenvalue weighted by Gasteiger charge is 2.13. The number of aromatic nitrogens is 1. The number of nitrogens with zero attached hydrogens (tertiary/aromatic N) is 2. The van der Waals surface area contributed by atoms with Crippen molar-refractivity contribution in [1.29, 1.82) is 0 Å². The Morgan fingerprint density at radius 2 is 2.05 bits per heavy atom. The van der Waals surface area contributed by atoms with E-state index in [0.717, 1.165) is 16.4 Å². The van der Waals surface area contributed by atoms with Crippen LogP contribution in [0.25, 0.3) is 0 Å². The fourth-order valence-electron chi connectivity index (χ4n) is 1.90. The van der Waals surface area contributed by atoms with Gasteiger partial charge >= 0.3 is 5.97 Å². The molecule has 0 saturated heterocycles. The molecule has 0 aliphatic heterocycles. The smallest absolute Gasteiger partial charge is 0.323 e. The van der Waals surface area contributed by atoms with Gasteiger partial charge in [0.05, 0.1) is 17.2 Å². The van der Waals surface area contributed by atoms with Crippen LogP contribution in [-0.4, -0.2) is 22.6 Å². The van der Waals surface area contributed by atoms with Crippen LogP contribution < -0.4 is 4.90 Å². The fourth-order valence-corrected chi connectivity index (χ4v) is 2.72. The van der Waals surface area contributed by atoms with E-state index < -0.39 is 5.97 Å². The van der Waals surface area contributed by atoms with Crippen molar-refractivity contribution in [3.05, 3.63) is 46.4 Å². The molecule has 106 valence electrons. The number of carboxylic acid groups (broad SMARTS) is 1. The summed E-state index contributed by atoms with van der Waals surface area (Å²) in [5.41, 5.74) is 1.82. The van der Waals surface area contributed by atoms with E-state index in [1.165, 1.54) is 0 Å². The summed E-state index contributed by atoms with van der Waals surface area (Å²) in [6, 6.07) is 9.56. The molecule has 0 unspecified atom stereocenters. The standard InChI is InChI=1S/C15H18N2O2S/c1-11(2)15-16-12(10-20-15)8-17(9-14(18)19)13-6-4-3-5-7-13/h3-7,10-11H,8-9H2,1-2H3,(H,18,19). The summed E-state index contributed by atoms with van der Waals surface area (Å²) in [6.07, 6.45) is 0. The second-order valence-electron chi connectivity index (χ2n) is 4.92. The maximum Gasteiger partial charge on any atom is 0.323 e. The molecular weight excluding hydrogens is 272 g/mol. The highest BCUT2D eigenvalue weighted by Crippen LogP contribution is 2.22. The molecule has 0 bridgehead atoms. The van der Waals surface area contributed by atoms with Crippen molar-refractivity contribution >= 4 is 23.0 Å². The van der Waals surface area contributed by atoms with E-state index in [-0.39, 0.29) is 6.54 Å². The van der Waals surface area contributed by atoms with Crippen LogP contribution in [0.4, 0.5) is 5.69 Å². The van der Waals surface area contributed by atoms with E-state index in [9.17, 15) is 4.79 Å². The number of hydrogen-bond acceptors (Lipinski definition) is 4. The molecule has 0 aliphatic carbocycles. The van der Waals surface area contributed by atoms with Crippen molar-refractivity contribution in [3.8, 4) is 0 Å². The Morgan fingerprint density at radius 1 is 1.35 bits per heavy atom. The minimum atomic E-state index is -0.840. The molecule has 0 amide bonds. The van der Waals surface area contributed by atoms with Crippen LogP contribution in [0, 0.1) is 0 Å². The molecule has 2 rings (SSSR count). The monoisotopic (exact) mass is 290 g/mol. The van der Waals surface area contributed by atoms with Gasteiger partial charge in [-0.1, -0.05) is 32.0 Å². The lowest BCUT2D eigenvalue weighted by molar-refractivity contribution is -0.135. The zero-order valence-corrected chi connectivity index (χ0v) is 12.4. The Labute approximate surface area is 122 Å². The summed E-state index contributed by atoms with van der Waals surface area (Å²) < 4.78 is 0. The first kappa shape index (κ1) is 14.5. The number of carboxylic acids is 1. The molecule has 0 radical (unpaired) electrons. The van der Waals surface area contributed by atoms with Gasteiger partial charge in [0.2, 0.25) is 0 Å². The van der Waals surface area contributed by atoms with E-state index >= 15 is 0 Å². The van der Waals surface area contributed by atoms with Crippen LogP contribution >= 0.6 is 11.3 Å². The van der Waals surface area contributed by atoms with Gasteiger partial charge in [0.1, 0.15) is 6.54 Å². The molecule has 0 aliphatic rings. The average molecular weight is 290 g/mol. The lowest BCUT2D eigenvalue weighted by atomic mass is 10.2. The number of para-hydroxylation sites is 1. The number of carbonyl (C=O) groups is 1. The molecule has 0 saturated carbocycles. The normalized spacial score (nSPS) is 10.8. The molecule has 5 heteroatoms. The van der Waals surface area contributed by atoms with Gasteiger partial charge in [0.25, 0.3) is 0 Å². The predicted octanol–water partition coefficient (Wildman–Crippen LogP) is 3.36. The highest BCUT2D eigenvalue weighted by atomic mass is 32.1. The summed E-state index contributed by atoms with van der Waals surface area (Å²) in [4.78, 5) is 17.4. The molecule has 1 heterocycles. The maximum atomic E-state index is 11.0. The van der Waals surface area contributed by atoms with Crippen LogP contribution in [0.3, 0.4) is 0 Å².